The van der Waals surface area contributed by atoms with Crippen LogP contribution in [0.25, 0.3) is 10.9 Å². The lowest BCUT2D eigenvalue weighted by Gasteiger charge is -2.06. The van der Waals surface area contributed by atoms with Crippen LogP contribution < -0.4 is 0 Å². The molecule has 1 heterocycles. The van der Waals surface area contributed by atoms with E-state index in [4.69, 9.17) is 4.74 Å². The minimum atomic E-state index is -0.898. The molecule has 0 fully saturated rings. The maximum Gasteiger partial charge on any atom is 0.337 e. The quantitative estimate of drug-likeness (QED) is 0.513. The molecule has 1 N–H and O–H groups in total. The molecule has 134 valence electrons. The van der Waals surface area contributed by atoms with Gasteiger partial charge in [0.1, 0.15) is 0 Å². The Morgan fingerprint density at radius 1 is 1.04 bits per heavy atom. The summed E-state index contributed by atoms with van der Waals surface area (Å²) in [6, 6.07) is 15.0. The zero-order chi connectivity index (χ0) is 18.5. The van der Waals surface area contributed by atoms with Gasteiger partial charge in [0.2, 0.25) is 0 Å². The lowest BCUT2D eigenvalue weighted by molar-refractivity contribution is 0.0599. The summed E-state index contributed by atoms with van der Waals surface area (Å²) < 4.78 is 6.71. The molecule has 5 heteroatoms. The van der Waals surface area contributed by atoms with Gasteiger partial charge in [0, 0.05) is 23.6 Å². The molecule has 0 amide bonds. The number of unbranched alkanes of at least 4 members (excludes halogenated alkanes) is 1. The molecule has 0 saturated heterocycles. The molecular weight excluding hydrogens is 330 g/mol. The summed E-state index contributed by atoms with van der Waals surface area (Å²) in [5.74, 6) is -1.23. The maximum absolute atomic E-state index is 11.4. The average Bonchev–Trinajstić information content (AvgIpc) is 3.04. The SMILES string of the molecule is COC(=O)c1ccc(CCCCn2cc(C(=O)O)c3ccccc32)cc1. The number of aryl methyl sites for hydroxylation is 2. The molecule has 0 aliphatic rings. The lowest BCUT2D eigenvalue weighted by atomic mass is 10.1. The van der Waals surface area contributed by atoms with Crippen LogP contribution in [0.15, 0.2) is 54.7 Å². The van der Waals surface area contributed by atoms with Crippen LogP contribution >= 0.6 is 0 Å². The number of nitrogens with zero attached hydrogens (tertiary/aromatic N) is 1. The number of carbonyl (C=O) groups excluding carboxylic acids is 1. The number of fused-ring (bicyclic) bond motifs is 1. The first-order chi connectivity index (χ1) is 12.6. The molecule has 3 aromatic rings. The van der Waals surface area contributed by atoms with Crippen LogP contribution in [-0.4, -0.2) is 28.7 Å². The Bertz CT molecular complexity index is 925. The molecular formula is C21H21NO4. The number of para-hydroxylation sites is 1. The minimum Gasteiger partial charge on any atom is -0.478 e. The molecule has 1 aromatic heterocycles. The van der Waals surface area contributed by atoms with Gasteiger partial charge in [-0.3, -0.25) is 0 Å². The number of hydrogen-bond donors (Lipinski definition) is 1. The van der Waals surface area contributed by atoms with Gasteiger partial charge >= 0.3 is 11.9 Å². The number of methoxy groups -OCH3 is 1. The fourth-order valence-electron chi connectivity index (χ4n) is 3.14. The molecule has 3 rings (SSSR count). The van der Waals surface area contributed by atoms with Crippen molar-refractivity contribution in [2.45, 2.75) is 25.8 Å². The van der Waals surface area contributed by atoms with E-state index in [1.165, 1.54) is 12.7 Å². The highest BCUT2D eigenvalue weighted by Gasteiger charge is 2.13. The number of ether oxygens (including phenoxy) is 1. The predicted molar refractivity (Wildman–Crippen MR) is 99.6 cm³/mol. The Kier molecular flexibility index (Phi) is 5.37. The Morgan fingerprint density at radius 2 is 1.77 bits per heavy atom. The molecule has 0 atom stereocenters. The fraction of sp³-hybridized carbons (Fsp3) is 0.238. The van der Waals surface area contributed by atoms with Gasteiger partial charge < -0.3 is 14.4 Å². The van der Waals surface area contributed by atoms with Crippen molar-refractivity contribution < 1.29 is 19.4 Å². The van der Waals surface area contributed by atoms with E-state index >= 15 is 0 Å². The lowest BCUT2D eigenvalue weighted by Crippen LogP contribution is -2.01. The Balaban J connectivity index is 1.59. The maximum atomic E-state index is 11.4. The third-order valence-corrected chi connectivity index (χ3v) is 4.51. The van der Waals surface area contributed by atoms with Gasteiger partial charge in [0.15, 0.2) is 0 Å². The monoisotopic (exact) mass is 351 g/mol. The van der Waals surface area contributed by atoms with Gasteiger partial charge in [-0.2, -0.15) is 0 Å². The number of aromatic nitrogens is 1. The van der Waals surface area contributed by atoms with Crippen molar-refractivity contribution in [1.82, 2.24) is 4.57 Å². The van der Waals surface area contributed by atoms with E-state index in [1.807, 2.05) is 41.0 Å². The van der Waals surface area contributed by atoms with Crippen LogP contribution in [0.1, 0.15) is 39.1 Å². The number of carboxylic acid groups (broad SMARTS) is 1. The molecule has 0 bridgehead atoms. The highest BCUT2D eigenvalue weighted by molar-refractivity contribution is 6.03. The smallest absolute Gasteiger partial charge is 0.337 e. The van der Waals surface area contributed by atoms with Crippen LogP contribution in [0, 0.1) is 0 Å². The number of esters is 1. The fourth-order valence-corrected chi connectivity index (χ4v) is 3.14. The van der Waals surface area contributed by atoms with E-state index in [0.29, 0.717) is 11.1 Å². The summed E-state index contributed by atoms with van der Waals surface area (Å²) in [5, 5.41) is 10.1. The molecule has 0 spiro atoms. The van der Waals surface area contributed by atoms with Gasteiger partial charge in [-0.05, 0) is 43.0 Å². The van der Waals surface area contributed by atoms with E-state index in [0.717, 1.165) is 36.7 Å². The van der Waals surface area contributed by atoms with E-state index in [2.05, 4.69) is 0 Å². The van der Waals surface area contributed by atoms with Gasteiger partial charge in [0.25, 0.3) is 0 Å². The van der Waals surface area contributed by atoms with Crippen molar-refractivity contribution in [1.29, 1.82) is 0 Å². The molecule has 0 unspecified atom stereocenters. The number of rotatable bonds is 7. The number of hydrogen-bond acceptors (Lipinski definition) is 3. The Labute approximate surface area is 151 Å². The third-order valence-electron chi connectivity index (χ3n) is 4.51. The van der Waals surface area contributed by atoms with Gasteiger partial charge in [-0.1, -0.05) is 30.3 Å². The third kappa shape index (κ3) is 3.77. The molecule has 0 radical (unpaired) electrons. The van der Waals surface area contributed by atoms with Crippen molar-refractivity contribution in [3.05, 3.63) is 71.4 Å². The van der Waals surface area contributed by atoms with Crippen molar-refractivity contribution in [3.8, 4) is 0 Å². The van der Waals surface area contributed by atoms with E-state index < -0.39 is 5.97 Å². The summed E-state index contributed by atoms with van der Waals surface area (Å²) in [6.07, 6.45) is 4.55. The number of carboxylic acids is 1. The van der Waals surface area contributed by atoms with Crippen LogP contribution in [0.5, 0.6) is 0 Å². The topological polar surface area (TPSA) is 68.5 Å². The second kappa shape index (κ2) is 7.87. The van der Waals surface area contributed by atoms with E-state index in [9.17, 15) is 14.7 Å². The van der Waals surface area contributed by atoms with Gasteiger partial charge in [-0.25, -0.2) is 9.59 Å². The van der Waals surface area contributed by atoms with Crippen molar-refractivity contribution in [2.24, 2.45) is 0 Å². The zero-order valence-corrected chi connectivity index (χ0v) is 14.6. The highest BCUT2D eigenvalue weighted by atomic mass is 16.5. The van der Waals surface area contributed by atoms with Gasteiger partial charge in [0.05, 0.1) is 18.2 Å². The largest absolute Gasteiger partial charge is 0.478 e. The van der Waals surface area contributed by atoms with E-state index in [-0.39, 0.29) is 5.97 Å². The normalized spacial score (nSPS) is 10.8. The highest BCUT2D eigenvalue weighted by Crippen LogP contribution is 2.22. The summed E-state index contributed by atoms with van der Waals surface area (Å²) in [6.45, 7) is 0.772. The van der Waals surface area contributed by atoms with Crippen molar-refractivity contribution in [2.75, 3.05) is 7.11 Å². The summed E-state index contributed by atoms with van der Waals surface area (Å²) in [4.78, 5) is 22.8. The molecule has 2 aromatic carbocycles. The first kappa shape index (κ1) is 17.7. The number of aromatic carboxylic acids is 1. The second-order valence-electron chi connectivity index (χ2n) is 6.20. The summed E-state index contributed by atoms with van der Waals surface area (Å²) in [5.41, 5.74) is 3.02. The Morgan fingerprint density at radius 3 is 2.46 bits per heavy atom. The van der Waals surface area contributed by atoms with Crippen LogP contribution in [0.2, 0.25) is 0 Å². The molecule has 0 aliphatic heterocycles. The predicted octanol–water partition coefficient (Wildman–Crippen LogP) is 4.15. The molecule has 5 nitrogen and oxygen atoms in total. The molecule has 0 aliphatic carbocycles. The molecule has 26 heavy (non-hydrogen) atoms. The number of carbonyl (C=O) groups is 2. The van der Waals surface area contributed by atoms with E-state index in [1.54, 1.807) is 18.3 Å². The Hall–Kier alpha value is -3.08. The van der Waals surface area contributed by atoms with Crippen LogP contribution in [0.4, 0.5) is 0 Å². The minimum absolute atomic E-state index is 0.328. The number of benzene rings is 2. The van der Waals surface area contributed by atoms with Crippen molar-refractivity contribution in [3.63, 3.8) is 0 Å². The molecule has 0 saturated carbocycles. The standard InChI is InChI=1S/C21H21NO4/c1-26-21(25)16-11-9-15(10-12-16)6-4-5-13-22-14-18(20(23)24)17-7-2-3-8-19(17)22/h2-3,7-12,14H,4-6,13H2,1H3,(H,23,24). The first-order valence-corrected chi connectivity index (χ1v) is 8.58. The first-order valence-electron chi connectivity index (χ1n) is 8.58. The van der Waals surface area contributed by atoms with Crippen LogP contribution in [-0.2, 0) is 17.7 Å². The second-order valence-corrected chi connectivity index (χ2v) is 6.20. The summed E-state index contributed by atoms with van der Waals surface area (Å²) >= 11 is 0. The average molecular weight is 351 g/mol. The van der Waals surface area contributed by atoms with Crippen molar-refractivity contribution >= 4 is 22.8 Å². The zero-order valence-electron chi connectivity index (χ0n) is 14.6. The van der Waals surface area contributed by atoms with Gasteiger partial charge in [-0.15, -0.1) is 0 Å². The summed E-state index contributed by atoms with van der Waals surface area (Å²) in [7, 11) is 1.37. The van der Waals surface area contributed by atoms with Crippen LogP contribution in [0.3, 0.4) is 0 Å².